The molecule has 2 aromatic carbocycles. The maximum Gasteiger partial charge on any atom is 0.0488 e. The van der Waals surface area contributed by atoms with E-state index < -0.39 is 0 Å². The molecular weight excluding hydrogens is 360 g/mol. The highest BCUT2D eigenvalue weighted by molar-refractivity contribution is 9.10. The van der Waals surface area contributed by atoms with Crippen molar-refractivity contribution in [2.45, 2.75) is 18.8 Å². The molecule has 1 fully saturated rings. The van der Waals surface area contributed by atoms with Gasteiger partial charge in [-0.2, -0.15) is 0 Å². The summed E-state index contributed by atoms with van der Waals surface area (Å²) in [5.74, 6) is 0.860. The Balaban J connectivity index is 0.000000123. The monoisotopic (exact) mass is 380 g/mol. The molecule has 0 saturated heterocycles. The molecule has 0 unspecified atom stereocenters. The Morgan fingerprint density at radius 2 is 1.38 bits per heavy atom. The number of halogens is 1. The molecule has 1 saturated carbocycles. The number of aromatic nitrogens is 2. The first-order valence-electron chi connectivity index (χ1n) is 8.37. The van der Waals surface area contributed by atoms with Gasteiger partial charge in [0.05, 0.1) is 0 Å². The molecule has 0 N–H and O–H groups in total. The molecule has 0 spiro atoms. The van der Waals surface area contributed by atoms with Crippen LogP contribution in [0.15, 0.2) is 65.4 Å². The summed E-state index contributed by atoms with van der Waals surface area (Å²) >= 11 is 3.44. The third kappa shape index (κ3) is 3.01. The quantitative estimate of drug-likeness (QED) is 0.383. The van der Waals surface area contributed by atoms with Crippen molar-refractivity contribution < 1.29 is 0 Å². The van der Waals surface area contributed by atoms with Gasteiger partial charge in [-0.05, 0) is 65.4 Å². The second-order valence-corrected chi connectivity index (χ2v) is 7.56. The lowest BCUT2D eigenvalue weighted by atomic mass is 10.1. The normalized spacial score (nSPS) is 14.0. The zero-order valence-electron chi connectivity index (χ0n) is 14.0. The molecule has 4 aromatic rings. The van der Waals surface area contributed by atoms with E-state index >= 15 is 0 Å². The molecule has 3 heteroatoms. The number of benzene rings is 2. The predicted molar refractivity (Wildman–Crippen MR) is 106 cm³/mol. The lowest BCUT2D eigenvalue weighted by molar-refractivity contribution is 0.966. The number of nitrogens with zero attached hydrogens (tertiary/aromatic N) is 2. The number of aryl methyl sites for hydroxylation is 2. The molecule has 0 amide bonds. The number of rotatable bonds is 1. The van der Waals surface area contributed by atoms with Crippen molar-refractivity contribution in [2.75, 3.05) is 0 Å². The maximum atomic E-state index is 3.44. The molecule has 2 heterocycles. The average Bonchev–Trinajstić information content (AvgIpc) is 3.30. The standard InChI is InChI=1S/C12H13N.C9H8BrN/c1-13-7-6-10-4-5-11(8-12(10)13)9-2-3-9;1-11-5-4-7-2-3-8(10)6-9(7)11/h4-9H,2-3H2,1H3;2-6H,1H3. The highest BCUT2D eigenvalue weighted by atomic mass is 79.9. The molecule has 1 aliphatic rings. The van der Waals surface area contributed by atoms with Gasteiger partial charge >= 0.3 is 0 Å². The minimum absolute atomic E-state index is 0.860. The zero-order chi connectivity index (χ0) is 16.7. The molecule has 122 valence electrons. The second kappa shape index (κ2) is 6.14. The summed E-state index contributed by atoms with van der Waals surface area (Å²) in [6.45, 7) is 0. The number of fused-ring (bicyclic) bond motifs is 2. The van der Waals surface area contributed by atoms with Crippen molar-refractivity contribution in [3.8, 4) is 0 Å². The average molecular weight is 381 g/mol. The summed E-state index contributed by atoms with van der Waals surface area (Å²) in [7, 11) is 4.16. The van der Waals surface area contributed by atoms with Gasteiger partial charge in [0.25, 0.3) is 0 Å². The van der Waals surface area contributed by atoms with Crippen molar-refractivity contribution in [1.82, 2.24) is 9.13 Å². The minimum Gasteiger partial charge on any atom is -0.351 e. The second-order valence-electron chi connectivity index (χ2n) is 6.65. The van der Waals surface area contributed by atoms with Crippen LogP contribution in [0.2, 0.25) is 0 Å². The Labute approximate surface area is 150 Å². The predicted octanol–water partition coefficient (Wildman–Crippen LogP) is 6.00. The van der Waals surface area contributed by atoms with Gasteiger partial charge in [0.1, 0.15) is 0 Å². The minimum atomic E-state index is 0.860. The highest BCUT2D eigenvalue weighted by Gasteiger charge is 2.23. The largest absolute Gasteiger partial charge is 0.351 e. The van der Waals surface area contributed by atoms with E-state index in [-0.39, 0.29) is 0 Å². The molecule has 1 aliphatic carbocycles. The van der Waals surface area contributed by atoms with Crippen LogP contribution in [0, 0.1) is 0 Å². The van der Waals surface area contributed by atoms with Gasteiger partial charge in [0, 0.05) is 42.0 Å². The van der Waals surface area contributed by atoms with Gasteiger partial charge in [0.2, 0.25) is 0 Å². The smallest absolute Gasteiger partial charge is 0.0488 e. The molecule has 0 atom stereocenters. The molecular formula is C21H21BrN2. The summed E-state index contributed by atoms with van der Waals surface area (Å²) in [6, 6.07) is 17.4. The van der Waals surface area contributed by atoms with E-state index in [9.17, 15) is 0 Å². The SMILES string of the molecule is Cn1ccc2ccc(Br)cc21.Cn1ccc2ccc(C3CC3)cc21. The van der Waals surface area contributed by atoms with Gasteiger partial charge in [-0.25, -0.2) is 0 Å². The van der Waals surface area contributed by atoms with Crippen molar-refractivity contribution in [2.24, 2.45) is 14.1 Å². The summed E-state index contributed by atoms with van der Waals surface area (Å²) in [6.07, 6.45) is 6.96. The first kappa shape index (κ1) is 15.5. The van der Waals surface area contributed by atoms with Crippen LogP contribution in [-0.2, 0) is 14.1 Å². The Bertz CT molecular complexity index is 1010. The van der Waals surface area contributed by atoms with Crippen molar-refractivity contribution in [3.05, 3.63) is 71.0 Å². The highest BCUT2D eigenvalue weighted by Crippen LogP contribution is 2.40. The van der Waals surface area contributed by atoms with Gasteiger partial charge < -0.3 is 9.13 Å². The zero-order valence-corrected chi connectivity index (χ0v) is 15.6. The maximum absolute atomic E-state index is 3.44. The summed E-state index contributed by atoms with van der Waals surface area (Å²) < 4.78 is 5.44. The third-order valence-corrected chi connectivity index (χ3v) is 5.30. The van der Waals surface area contributed by atoms with Crippen LogP contribution < -0.4 is 0 Å². The van der Waals surface area contributed by atoms with Crippen molar-refractivity contribution >= 4 is 37.7 Å². The summed E-state index contributed by atoms with van der Waals surface area (Å²) in [5, 5.41) is 2.64. The van der Waals surface area contributed by atoms with Crippen LogP contribution in [-0.4, -0.2) is 9.13 Å². The fourth-order valence-electron chi connectivity index (χ4n) is 3.19. The fourth-order valence-corrected chi connectivity index (χ4v) is 3.53. The van der Waals surface area contributed by atoms with E-state index in [0.29, 0.717) is 0 Å². The Morgan fingerprint density at radius 1 is 0.792 bits per heavy atom. The van der Waals surface area contributed by atoms with Gasteiger partial charge in [-0.3, -0.25) is 0 Å². The van der Waals surface area contributed by atoms with E-state index in [2.05, 4.69) is 100 Å². The molecule has 5 rings (SSSR count). The number of hydrogen-bond acceptors (Lipinski definition) is 0. The molecule has 2 nitrogen and oxygen atoms in total. The Kier molecular flexibility index (Phi) is 3.97. The van der Waals surface area contributed by atoms with Crippen molar-refractivity contribution in [1.29, 1.82) is 0 Å². The lowest BCUT2D eigenvalue weighted by Crippen LogP contribution is -1.85. The van der Waals surface area contributed by atoms with E-state index in [1.807, 2.05) is 0 Å². The third-order valence-electron chi connectivity index (χ3n) is 4.81. The molecule has 0 radical (unpaired) electrons. The van der Waals surface area contributed by atoms with Gasteiger partial charge in [-0.15, -0.1) is 0 Å². The van der Waals surface area contributed by atoms with Crippen molar-refractivity contribution in [3.63, 3.8) is 0 Å². The molecule has 0 bridgehead atoms. The molecule has 2 aromatic heterocycles. The van der Waals surface area contributed by atoms with Crippen LogP contribution in [0.3, 0.4) is 0 Å². The van der Waals surface area contributed by atoms with E-state index in [1.165, 1.54) is 40.2 Å². The fraction of sp³-hybridized carbons (Fsp3) is 0.238. The van der Waals surface area contributed by atoms with Crippen LogP contribution in [0.4, 0.5) is 0 Å². The molecule has 0 aliphatic heterocycles. The van der Waals surface area contributed by atoms with Crippen LogP contribution >= 0.6 is 15.9 Å². The van der Waals surface area contributed by atoms with Crippen LogP contribution in [0.5, 0.6) is 0 Å². The first-order chi connectivity index (χ1) is 11.6. The van der Waals surface area contributed by atoms with E-state index in [1.54, 1.807) is 0 Å². The molecule has 24 heavy (non-hydrogen) atoms. The van der Waals surface area contributed by atoms with Gasteiger partial charge in [-0.1, -0.05) is 34.1 Å². The Morgan fingerprint density at radius 3 is 2.00 bits per heavy atom. The van der Waals surface area contributed by atoms with E-state index in [0.717, 1.165) is 10.4 Å². The first-order valence-corrected chi connectivity index (χ1v) is 9.17. The van der Waals surface area contributed by atoms with Crippen LogP contribution in [0.25, 0.3) is 21.8 Å². The number of hydrogen-bond donors (Lipinski definition) is 0. The topological polar surface area (TPSA) is 9.86 Å². The summed E-state index contributed by atoms with van der Waals surface area (Å²) in [4.78, 5) is 0. The van der Waals surface area contributed by atoms with Crippen LogP contribution in [0.1, 0.15) is 24.3 Å². The lowest BCUT2D eigenvalue weighted by Gasteiger charge is -2.00. The summed E-state index contributed by atoms with van der Waals surface area (Å²) in [5.41, 5.74) is 4.15. The van der Waals surface area contributed by atoms with E-state index in [4.69, 9.17) is 0 Å². The van der Waals surface area contributed by atoms with Gasteiger partial charge in [0.15, 0.2) is 0 Å². The Hall–Kier alpha value is -2.00.